The van der Waals surface area contributed by atoms with Crippen LogP contribution in [0.5, 0.6) is 11.5 Å². The fourth-order valence-corrected chi connectivity index (χ4v) is 3.14. The SMILES string of the molecule is CCOc1cc(/C=N\NC(=O)C(=O)NCc2ccccc2)cc(Cl)c1OCc1ccccc1. The number of amides is 2. The van der Waals surface area contributed by atoms with Crippen molar-refractivity contribution in [1.82, 2.24) is 10.7 Å². The third kappa shape index (κ3) is 7.36. The summed E-state index contributed by atoms with van der Waals surface area (Å²) in [5.41, 5.74) is 4.65. The largest absolute Gasteiger partial charge is 0.490 e. The second-order valence-corrected chi connectivity index (χ2v) is 7.31. The van der Waals surface area contributed by atoms with Crippen molar-refractivity contribution in [1.29, 1.82) is 0 Å². The molecule has 0 fully saturated rings. The number of halogens is 1. The monoisotopic (exact) mass is 465 g/mol. The van der Waals surface area contributed by atoms with E-state index >= 15 is 0 Å². The van der Waals surface area contributed by atoms with Gasteiger partial charge in [0.2, 0.25) is 0 Å². The van der Waals surface area contributed by atoms with Gasteiger partial charge in [0, 0.05) is 6.54 Å². The van der Waals surface area contributed by atoms with Crippen LogP contribution >= 0.6 is 11.6 Å². The van der Waals surface area contributed by atoms with Crippen LogP contribution in [-0.4, -0.2) is 24.6 Å². The number of nitrogens with one attached hydrogen (secondary N) is 2. The van der Waals surface area contributed by atoms with Crippen molar-refractivity contribution in [2.45, 2.75) is 20.1 Å². The molecule has 3 aromatic carbocycles. The first kappa shape index (κ1) is 23.8. The van der Waals surface area contributed by atoms with E-state index in [0.717, 1.165) is 11.1 Å². The highest BCUT2D eigenvalue weighted by Crippen LogP contribution is 2.36. The molecule has 0 spiro atoms. The van der Waals surface area contributed by atoms with Crippen molar-refractivity contribution >= 4 is 29.6 Å². The van der Waals surface area contributed by atoms with E-state index in [4.69, 9.17) is 21.1 Å². The lowest BCUT2D eigenvalue weighted by atomic mass is 10.2. The molecule has 170 valence electrons. The Morgan fingerprint density at radius 2 is 1.61 bits per heavy atom. The maximum absolute atomic E-state index is 12.0. The zero-order valence-electron chi connectivity index (χ0n) is 18.1. The molecule has 8 heteroatoms. The van der Waals surface area contributed by atoms with E-state index in [1.165, 1.54) is 6.21 Å². The van der Waals surface area contributed by atoms with Crippen LogP contribution in [0.25, 0.3) is 0 Å². The zero-order chi connectivity index (χ0) is 23.5. The Hall–Kier alpha value is -3.84. The average Bonchev–Trinajstić information content (AvgIpc) is 2.83. The predicted molar refractivity (Wildman–Crippen MR) is 127 cm³/mol. The molecule has 0 heterocycles. The number of benzene rings is 3. The number of nitrogens with zero attached hydrogens (tertiary/aromatic N) is 1. The summed E-state index contributed by atoms with van der Waals surface area (Å²) < 4.78 is 11.5. The summed E-state index contributed by atoms with van der Waals surface area (Å²) in [6.45, 7) is 2.84. The summed E-state index contributed by atoms with van der Waals surface area (Å²) >= 11 is 6.41. The predicted octanol–water partition coefficient (Wildman–Crippen LogP) is 4.08. The third-order valence-corrected chi connectivity index (χ3v) is 4.72. The lowest BCUT2D eigenvalue weighted by Gasteiger charge is -2.14. The quantitative estimate of drug-likeness (QED) is 0.283. The van der Waals surface area contributed by atoms with Crippen LogP contribution in [0.15, 0.2) is 77.9 Å². The van der Waals surface area contributed by atoms with Gasteiger partial charge in [-0.3, -0.25) is 9.59 Å². The first-order valence-electron chi connectivity index (χ1n) is 10.3. The Morgan fingerprint density at radius 3 is 2.27 bits per heavy atom. The van der Waals surface area contributed by atoms with Crippen molar-refractivity contribution < 1.29 is 19.1 Å². The van der Waals surface area contributed by atoms with Crippen LogP contribution in [0.3, 0.4) is 0 Å². The van der Waals surface area contributed by atoms with Gasteiger partial charge < -0.3 is 14.8 Å². The molecular weight excluding hydrogens is 442 g/mol. The summed E-state index contributed by atoms with van der Waals surface area (Å²) in [6, 6.07) is 22.3. The van der Waals surface area contributed by atoms with E-state index in [9.17, 15) is 9.59 Å². The summed E-state index contributed by atoms with van der Waals surface area (Å²) in [5, 5.41) is 6.72. The van der Waals surface area contributed by atoms with Crippen LogP contribution in [0, 0.1) is 0 Å². The molecule has 0 bridgehead atoms. The minimum atomic E-state index is -0.874. The van der Waals surface area contributed by atoms with E-state index in [0.29, 0.717) is 35.3 Å². The molecule has 0 aliphatic heterocycles. The Labute approximate surface area is 197 Å². The number of carbonyl (C=O) groups is 2. The molecule has 0 aliphatic rings. The van der Waals surface area contributed by atoms with Crippen LogP contribution in [0.1, 0.15) is 23.6 Å². The summed E-state index contributed by atoms with van der Waals surface area (Å²) in [5.74, 6) is -0.784. The molecule has 0 radical (unpaired) electrons. The van der Waals surface area contributed by atoms with Gasteiger partial charge in [-0.2, -0.15) is 5.10 Å². The van der Waals surface area contributed by atoms with Gasteiger partial charge in [0.25, 0.3) is 0 Å². The number of hydrogen-bond donors (Lipinski definition) is 2. The highest BCUT2D eigenvalue weighted by molar-refractivity contribution is 6.35. The van der Waals surface area contributed by atoms with Gasteiger partial charge in [-0.1, -0.05) is 72.3 Å². The molecule has 0 unspecified atom stereocenters. The fourth-order valence-electron chi connectivity index (χ4n) is 2.87. The normalized spacial score (nSPS) is 10.6. The van der Waals surface area contributed by atoms with E-state index in [2.05, 4.69) is 15.8 Å². The maximum atomic E-state index is 12.0. The van der Waals surface area contributed by atoms with E-state index in [-0.39, 0.29) is 6.54 Å². The van der Waals surface area contributed by atoms with Crippen LogP contribution in [0.2, 0.25) is 5.02 Å². The van der Waals surface area contributed by atoms with Crippen molar-refractivity contribution in [2.75, 3.05) is 6.61 Å². The lowest BCUT2D eigenvalue weighted by molar-refractivity contribution is -0.139. The second-order valence-electron chi connectivity index (χ2n) is 6.90. The topological polar surface area (TPSA) is 89.0 Å². The van der Waals surface area contributed by atoms with E-state index in [1.54, 1.807) is 12.1 Å². The molecule has 2 N–H and O–H groups in total. The number of hydrogen-bond acceptors (Lipinski definition) is 5. The van der Waals surface area contributed by atoms with E-state index < -0.39 is 11.8 Å². The van der Waals surface area contributed by atoms with Gasteiger partial charge in [0.15, 0.2) is 11.5 Å². The van der Waals surface area contributed by atoms with Crippen LogP contribution < -0.4 is 20.2 Å². The van der Waals surface area contributed by atoms with Crippen molar-refractivity contribution in [3.63, 3.8) is 0 Å². The van der Waals surface area contributed by atoms with Gasteiger partial charge in [-0.15, -0.1) is 0 Å². The van der Waals surface area contributed by atoms with Crippen molar-refractivity contribution in [3.8, 4) is 11.5 Å². The molecule has 0 saturated heterocycles. The first-order valence-corrected chi connectivity index (χ1v) is 10.7. The number of ether oxygens (including phenoxy) is 2. The second kappa shape index (κ2) is 12.3. The fraction of sp³-hybridized carbons (Fsp3) is 0.160. The zero-order valence-corrected chi connectivity index (χ0v) is 18.8. The Kier molecular flexibility index (Phi) is 8.85. The molecule has 0 atom stereocenters. The molecule has 33 heavy (non-hydrogen) atoms. The lowest BCUT2D eigenvalue weighted by Crippen LogP contribution is -2.37. The minimum Gasteiger partial charge on any atom is -0.490 e. The van der Waals surface area contributed by atoms with Gasteiger partial charge in [0.1, 0.15) is 6.61 Å². The maximum Gasteiger partial charge on any atom is 0.329 e. The van der Waals surface area contributed by atoms with E-state index in [1.807, 2.05) is 67.6 Å². The third-order valence-electron chi connectivity index (χ3n) is 4.44. The van der Waals surface area contributed by atoms with Crippen molar-refractivity contribution in [2.24, 2.45) is 5.10 Å². The van der Waals surface area contributed by atoms with Crippen LogP contribution in [-0.2, 0) is 22.7 Å². The molecule has 0 aromatic heterocycles. The molecular formula is C25H24ClN3O4. The molecule has 3 rings (SSSR count). The molecule has 0 saturated carbocycles. The summed E-state index contributed by atoms with van der Waals surface area (Å²) in [6.07, 6.45) is 1.37. The van der Waals surface area contributed by atoms with Gasteiger partial charge in [-0.05, 0) is 35.7 Å². The summed E-state index contributed by atoms with van der Waals surface area (Å²) in [7, 11) is 0. The van der Waals surface area contributed by atoms with Gasteiger partial charge in [0.05, 0.1) is 17.8 Å². The van der Waals surface area contributed by atoms with Gasteiger partial charge in [-0.25, -0.2) is 5.43 Å². The first-order chi connectivity index (χ1) is 16.1. The van der Waals surface area contributed by atoms with Crippen LogP contribution in [0.4, 0.5) is 0 Å². The average molecular weight is 466 g/mol. The Morgan fingerprint density at radius 1 is 0.939 bits per heavy atom. The molecule has 7 nitrogen and oxygen atoms in total. The molecule has 3 aromatic rings. The summed E-state index contributed by atoms with van der Waals surface area (Å²) in [4.78, 5) is 23.9. The standard InChI is InChI=1S/C25H24ClN3O4/c1-2-32-22-14-20(13-21(26)23(22)33-17-19-11-7-4-8-12-19)16-28-29-25(31)24(30)27-15-18-9-5-3-6-10-18/h3-14,16H,2,15,17H2,1H3,(H,27,30)(H,29,31)/b28-16-. The Bertz CT molecular complexity index is 1110. The number of hydrazone groups is 1. The minimum absolute atomic E-state index is 0.245. The molecule has 2 amide bonds. The highest BCUT2D eigenvalue weighted by Gasteiger charge is 2.14. The number of carbonyl (C=O) groups excluding carboxylic acids is 2. The smallest absolute Gasteiger partial charge is 0.329 e. The Balaban J connectivity index is 1.60. The van der Waals surface area contributed by atoms with Gasteiger partial charge >= 0.3 is 11.8 Å². The highest BCUT2D eigenvalue weighted by atomic mass is 35.5. The molecule has 0 aliphatic carbocycles. The van der Waals surface area contributed by atoms with Crippen molar-refractivity contribution in [3.05, 3.63) is 94.5 Å². The number of rotatable bonds is 9.